The van der Waals surface area contributed by atoms with Gasteiger partial charge in [-0.3, -0.25) is 0 Å². The van der Waals surface area contributed by atoms with Crippen LogP contribution in [-0.4, -0.2) is 37.9 Å². The van der Waals surface area contributed by atoms with Crippen molar-refractivity contribution in [3.63, 3.8) is 0 Å². The van der Waals surface area contributed by atoms with Gasteiger partial charge in [-0.15, -0.1) is 15.3 Å². The van der Waals surface area contributed by atoms with Crippen molar-refractivity contribution in [2.24, 2.45) is 0 Å². The Balaban J connectivity index is 1.46. The van der Waals surface area contributed by atoms with Gasteiger partial charge in [0.1, 0.15) is 11.3 Å². The van der Waals surface area contributed by atoms with E-state index in [9.17, 15) is 0 Å². The summed E-state index contributed by atoms with van der Waals surface area (Å²) < 4.78 is 7.90. The first kappa shape index (κ1) is 17.2. The predicted molar refractivity (Wildman–Crippen MR) is 108 cm³/mol. The average Bonchev–Trinajstić information content (AvgIpc) is 3.31. The van der Waals surface area contributed by atoms with Crippen LogP contribution in [0.3, 0.4) is 0 Å². The summed E-state index contributed by atoms with van der Waals surface area (Å²) in [5.74, 6) is 2.91. The molecule has 1 aliphatic rings. The van der Waals surface area contributed by atoms with E-state index in [2.05, 4.69) is 35.9 Å². The summed E-state index contributed by atoms with van der Waals surface area (Å²) in [6.07, 6.45) is 2.16. The minimum absolute atomic E-state index is 0.117. The van der Waals surface area contributed by atoms with Crippen molar-refractivity contribution in [1.82, 2.24) is 24.8 Å². The summed E-state index contributed by atoms with van der Waals surface area (Å²) in [6, 6.07) is 12.0. The van der Waals surface area contributed by atoms with Crippen molar-refractivity contribution in [3.8, 4) is 0 Å². The molecule has 3 aromatic heterocycles. The van der Waals surface area contributed by atoms with Crippen LogP contribution in [0.15, 0.2) is 40.8 Å². The molecule has 5 rings (SSSR count). The Morgan fingerprint density at radius 2 is 1.93 bits per heavy atom. The van der Waals surface area contributed by atoms with E-state index in [0.29, 0.717) is 0 Å². The Morgan fingerprint density at radius 3 is 2.75 bits per heavy atom. The van der Waals surface area contributed by atoms with Crippen LogP contribution in [0.1, 0.15) is 51.2 Å². The Hall–Kier alpha value is -2.96. The maximum atomic E-state index is 6.03. The van der Waals surface area contributed by atoms with Gasteiger partial charge in [-0.05, 0) is 37.1 Å². The van der Waals surface area contributed by atoms with Crippen LogP contribution in [-0.2, 0) is 5.41 Å². The van der Waals surface area contributed by atoms with Crippen molar-refractivity contribution in [2.45, 2.75) is 44.9 Å². The van der Waals surface area contributed by atoms with E-state index in [1.54, 1.807) is 0 Å². The molecule has 0 radical (unpaired) electrons. The van der Waals surface area contributed by atoms with Gasteiger partial charge < -0.3 is 9.32 Å². The van der Waals surface area contributed by atoms with E-state index in [1.807, 2.05) is 40.9 Å². The number of hydrogen-bond donors (Lipinski definition) is 0. The number of aromatic nitrogens is 5. The van der Waals surface area contributed by atoms with Crippen LogP contribution in [0.25, 0.3) is 16.7 Å². The van der Waals surface area contributed by atoms with Gasteiger partial charge in [0, 0.05) is 18.5 Å². The molecule has 0 amide bonds. The molecule has 1 unspecified atom stereocenters. The van der Waals surface area contributed by atoms with Crippen molar-refractivity contribution in [2.75, 3.05) is 18.0 Å². The third-order valence-electron chi connectivity index (χ3n) is 5.32. The predicted octanol–water partition coefficient (Wildman–Crippen LogP) is 3.95. The number of anilines is 1. The maximum absolute atomic E-state index is 6.03. The average molecular weight is 376 g/mol. The second-order valence-corrected chi connectivity index (χ2v) is 8.54. The lowest BCUT2D eigenvalue weighted by Crippen LogP contribution is -2.35. The molecule has 7 nitrogen and oxygen atoms in total. The second kappa shape index (κ2) is 6.29. The van der Waals surface area contributed by atoms with Gasteiger partial charge in [-0.2, -0.15) is 4.52 Å². The summed E-state index contributed by atoms with van der Waals surface area (Å²) in [7, 11) is 0. The van der Waals surface area contributed by atoms with Gasteiger partial charge >= 0.3 is 0 Å². The first-order valence-corrected chi connectivity index (χ1v) is 9.82. The minimum atomic E-state index is -0.117. The van der Waals surface area contributed by atoms with E-state index < -0.39 is 0 Å². The standard InChI is InChI=1S/C21H24N6O/c1-21(2,3)20-24-23-17-10-11-18(25-27(17)20)26-12-6-7-14(13-26)19-22-15-8-4-5-9-16(15)28-19/h4-5,8-11,14H,6-7,12-13H2,1-3H3. The molecule has 4 aromatic rings. The molecule has 1 atom stereocenters. The van der Waals surface area contributed by atoms with Crippen LogP contribution in [0, 0.1) is 0 Å². The lowest BCUT2D eigenvalue weighted by Gasteiger charge is -2.32. The number of hydrogen-bond acceptors (Lipinski definition) is 6. The molecule has 144 valence electrons. The van der Waals surface area contributed by atoms with Gasteiger partial charge in [0.15, 0.2) is 22.9 Å². The van der Waals surface area contributed by atoms with Crippen molar-refractivity contribution >= 4 is 22.6 Å². The van der Waals surface area contributed by atoms with E-state index in [-0.39, 0.29) is 11.3 Å². The van der Waals surface area contributed by atoms with Crippen molar-refractivity contribution in [3.05, 3.63) is 48.1 Å². The lowest BCUT2D eigenvalue weighted by molar-refractivity contribution is 0.411. The monoisotopic (exact) mass is 376 g/mol. The largest absolute Gasteiger partial charge is 0.440 e. The van der Waals surface area contributed by atoms with Gasteiger partial charge in [0.25, 0.3) is 0 Å². The Labute approximate surface area is 163 Å². The summed E-state index contributed by atoms with van der Waals surface area (Å²) in [4.78, 5) is 7.03. The molecule has 4 heterocycles. The highest BCUT2D eigenvalue weighted by molar-refractivity contribution is 5.72. The summed E-state index contributed by atoms with van der Waals surface area (Å²) >= 11 is 0. The van der Waals surface area contributed by atoms with Gasteiger partial charge in [-0.25, -0.2) is 4.98 Å². The van der Waals surface area contributed by atoms with Crippen molar-refractivity contribution < 1.29 is 4.42 Å². The number of fused-ring (bicyclic) bond motifs is 2. The number of piperidine rings is 1. The summed E-state index contributed by atoms with van der Waals surface area (Å²) in [6.45, 7) is 8.20. The first-order valence-electron chi connectivity index (χ1n) is 9.82. The highest BCUT2D eigenvalue weighted by Gasteiger charge is 2.27. The molecule has 1 aliphatic heterocycles. The van der Waals surface area contributed by atoms with Gasteiger partial charge in [0.2, 0.25) is 0 Å². The molecular weight excluding hydrogens is 352 g/mol. The number of nitrogens with zero attached hydrogens (tertiary/aromatic N) is 6. The molecule has 0 spiro atoms. The van der Waals surface area contributed by atoms with Gasteiger partial charge in [-0.1, -0.05) is 32.9 Å². The fraction of sp³-hybridized carbons (Fsp3) is 0.429. The smallest absolute Gasteiger partial charge is 0.200 e. The molecule has 0 bridgehead atoms. The number of oxazole rings is 1. The first-order chi connectivity index (χ1) is 13.5. The van der Waals surface area contributed by atoms with Crippen LogP contribution in [0.5, 0.6) is 0 Å². The zero-order valence-corrected chi connectivity index (χ0v) is 16.5. The van der Waals surface area contributed by atoms with Crippen LogP contribution >= 0.6 is 0 Å². The number of rotatable bonds is 2. The van der Waals surface area contributed by atoms with Crippen LogP contribution in [0.4, 0.5) is 5.82 Å². The second-order valence-electron chi connectivity index (χ2n) is 8.54. The summed E-state index contributed by atoms with van der Waals surface area (Å²) in [5.41, 5.74) is 2.44. The minimum Gasteiger partial charge on any atom is -0.440 e. The quantitative estimate of drug-likeness (QED) is 0.527. The SMILES string of the molecule is CC(C)(C)c1nnc2ccc(N3CCCC(c4nc5ccccc5o4)C3)nn12. The zero-order valence-electron chi connectivity index (χ0n) is 16.5. The fourth-order valence-corrected chi connectivity index (χ4v) is 3.87. The highest BCUT2D eigenvalue weighted by atomic mass is 16.3. The molecule has 0 N–H and O–H groups in total. The van der Waals surface area contributed by atoms with Crippen LogP contribution in [0.2, 0.25) is 0 Å². The fourth-order valence-electron chi connectivity index (χ4n) is 3.87. The Morgan fingerprint density at radius 1 is 1.07 bits per heavy atom. The molecular formula is C21H24N6O. The lowest BCUT2D eigenvalue weighted by atomic mass is 9.96. The van der Waals surface area contributed by atoms with E-state index in [4.69, 9.17) is 14.5 Å². The maximum Gasteiger partial charge on any atom is 0.200 e. The normalized spacial score (nSPS) is 18.2. The third kappa shape index (κ3) is 2.91. The number of benzene rings is 1. The Bertz CT molecular complexity index is 1110. The van der Waals surface area contributed by atoms with E-state index in [1.165, 1.54) is 0 Å². The van der Waals surface area contributed by atoms with E-state index >= 15 is 0 Å². The molecule has 1 saturated heterocycles. The van der Waals surface area contributed by atoms with Crippen molar-refractivity contribution in [1.29, 1.82) is 0 Å². The molecule has 1 aromatic carbocycles. The topological polar surface area (TPSA) is 72.3 Å². The molecule has 0 aliphatic carbocycles. The zero-order chi connectivity index (χ0) is 19.3. The molecule has 1 fully saturated rings. The molecule has 7 heteroatoms. The molecule has 28 heavy (non-hydrogen) atoms. The summed E-state index contributed by atoms with van der Waals surface area (Å²) in [5, 5.41) is 13.5. The Kier molecular flexibility index (Phi) is 3.86. The third-order valence-corrected chi connectivity index (χ3v) is 5.32. The van der Waals surface area contributed by atoms with Crippen LogP contribution < -0.4 is 4.90 Å². The van der Waals surface area contributed by atoms with Gasteiger partial charge in [0.05, 0.1) is 5.92 Å². The van der Waals surface area contributed by atoms with E-state index in [0.717, 1.165) is 60.2 Å². The highest BCUT2D eigenvalue weighted by Crippen LogP contribution is 2.31. The number of para-hydroxylation sites is 2. The molecule has 0 saturated carbocycles.